The van der Waals surface area contributed by atoms with E-state index in [1.54, 1.807) is 0 Å². The number of hydrogen-bond donors (Lipinski definition) is 0. The van der Waals surface area contributed by atoms with E-state index in [1.165, 1.54) is 38.2 Å². The van der Waals surface area contributed by atoms with Gasteiger partial charge in [-0.1, -0.05) is 237 Å². The summed E-state index contributed by atoms with van der Waals surface area (Å²) >= 11 is 0. The molecule has 0 atom stereocenters. The van der Waals surface area contributed by atoms with Crippen molar-refractivity contribution in [3.05, 3.63) is 358 Å². The van der Waals surface area contributed by atoms with Gasteiger partial charge in [0.1, 0.15) is 22.3 Å². The number of fused-ring (bicyclic) bond motifs is 18. The maximum Gasteiger partial charge on any atom is 0.235 e. The zero-order chi connectivity index (χ0) is 69.1. The Hall–Kier alpha value is -14.3. The molecule has 0 radical (unpaired) electrons. The molecule has 105 heavy (non-hydrogen) atoms. The summed E-state index contributed by atoms with van der Waals surface area (Å²) in [7, 11) is 0. The van der Waals surface area contributed by atoms with Gasteiger partial charge in [0, 0.05) is 104 Å². The van der Waals surface area contributed by atoms with E-state index in [0.717, 1.165) is 155 Å². The van der Waals surface area contributed by atoms with Crippen molar-refractivity contribution in [1.29, 1.82) is 0 Å². The van der Waals surface area contributed by atoms with Crippen LogP contribution < -0.4 is 4.90 Å². The van der Waals surface area contributed by atoms with Crippen LogP contribution in [0.2, 0.25) is 0 Å². The van der Waals surface area contributed by atoms with Crippen LogP contribution in [0.25, 0.3) is 188 Å². The Morgan fingerprint density at radius 2 is 0.686 bits per heavy atom. The van der Waals surface area contributed by atoms with E-state index < -0.39 is 0 Å². The van der Waals surface area contributed by atoms with Crippen molar-refractivity contribution >= 4 is 148 Å². The van der Waals surface area contributed by atoms with E-state index in [1.807, 2.05) is 30.3 Å². The summed E-state index contributed by atoms with van der Waals surface area (Å²) in [6.07, 6.45) is 0. The molecule has 6 aromatic heterocycles. The molecule has 0 unspecified atom stereocenters. The van der Waals surface area contributed by atoms with Gasteiger partial charge in [0.25, 0.3) is 0 Å². The van der Waals surface area contributed by atoms with Crippen LogP contribution in [-0.2, 0) is 0 Å². The highest BCUT2D eigenvalue weighted by Gasteiger charge is 2.24. The third kappa shape index (κ3) is 9.93. The van der Waals surface area contributed by atoms with Gasteiger partial charge in [-0.05, 0) is 143 Å². The van der Waals surface area contributed by atoms with Crippen molar-refractivity contribution in [3.8, 4) is 56.7 Å². The number of anilines is 3. The van der Waals surface area contributed by atoms with Crippen LogP contribution in [0.4, 0.5) is 17.1 Å². The molecule has 0 aliphatic heterocycles. The van der Waals surface area contributed by atoms with E-state index in [4.69, 9.17) is 28.8 Å². The molecule has 6 heterocycles. The molecule has 16 aromatic carbocycles. The van der Waals surface area contributed by atoms with E-state index in [9.17, 15) is 0 Å². The lowest BCUT2D eigenvalue weighted by Crippen LogP contribution is -2.10. The third-order valence-electron chi connectivity index (χ3n) is 20.8. The highest BCUT2D eigenvalue weighted by Crippen LogP contribution is 2.44. The predicted octanol–water partition coefficient (Wildman–Crippen LogP) is 25.7. The lowest BCUT2D eigenvalue weighted by molar-refractivity contribution is 0.672. The van der Waals surface area contributed by atoms with Crippen LogP contribution in [0.1, 0.15) is 0 Å². The fraction of sp³-hybridized carbons (Fsp3) is 0. The fourth-order valence-electron chi connectivity index (χ4n) is 15.9. The summed E-state index contributed by atoms with van der Waals surface area (Å²) < 4.78 is 17.8. The summed E-state index contributed by atoms with van der Waals surface area (Å²) in [5.74, 6) is 1.29. The second-order valence-electron chi connectivity index (χ2n) is 26.8. The van der Waals surface area contributed by atoms with E-state index in [2.05, 4.69) is 342 Å². The minimum absolute atomic E-state index is 0.627. The van der Waals surface area contributed by atoms with Crippen LogP contribution >= 0.6 is 0 Å². The Kier molecular flexibility index (Phi) is 13.7. The van der Waals surface area contributed by atoms with Gasteiger partial charge in [0.15, 0.2) is 5.82 Å². The summed E-state index contributed by atoms with van der Waals surface area (Å²) in [5, 5.41) is 15.7. The molecule has 490 valence electrons. The summed E-state index contributed by atoms with van der Waals surface area (Å²) in [6, 6.07) is 126. The molecule has 0 amide bonds. The molecule has 9 heteroatoms. The minimum atomic E-state index is 0.627. The topological polar surface area (TPSA) is 90.9 Å². The minimum Gasteiger partial charge on any atom is -0.455 e. The molecule has 0 bridgehead atoms. The smallest absolute Gasteiger partial charge is 0.235 e. The molecule has 22 aromatic rings. The molecular formula is C96H59N7O2. The van der Waals surface area contributed by atoms with Crippen molar-refractivity contribution in [2.24, 2.45) is 0 Å². The van der Waals surface area contributed by atoms with Crippen molar-refractivity contribution in [2.75, 3.05) is 4.90 Å². The lowest BCUT2D eigenvalue weighted by atomic mass is 10.0. The monoisotopic (exact) mass is 1340 g/mol. The van der Waals surface area contributed by atoms with Gasteiger partial charge in [0.05, 0.1) is 44.5 Å². The van der Waals surface area contributed by atoms with Gasteiger partial charge >= 0.3 is 0 Å². The Labute approximate surface area is 601 Å². The second kappa shape index (κ2) is 24.2. The molecular weight excluding hydrogens is 1280 g/mol. The molecule has 22 rings (SSSR count). The number of benzene rings is 16. The van der Waals surface area contributed by atoms with Gasteiger partial charge in [-0.2, -0.15) is 0 Å². The Balaban J connectivity index is 0.000000135. The average Bonchev–Trinajstić information content (AvgIpc) is 1.57. The van der Waals surface area contributed by atoms with Crippen molar-refractivity contribution < 1.29 is 8.83 Å². The molecule has 0 spiro atoms. The summed E-state index contributed by atoms with van der Waals surface area (Å²) in [5.41, 5.74) is 21.0. The maximum absolute atomic E-state index is 6.62. The number of aromatic nitrogens is 6. The normalized spacial score (nSPS) is 11.8. The van der Waals surface area contributed by atoms with Crippen molar-refractivity contribution in [2.45, 2.75) is 0 Å². The van der Waals surface area contributed by atoms with Crippen LogP contribution in [-0.4, -0.2) is 29.1 Å². The number of hydrogen-bond acceptors (Lipinski definition) is 7. The molecule has 0 aliphatic carbocycles. The summed E-state index contributed by atoms with van der Waals surface area (Å²) in [4.78, 5) is 23.3. The van der Waals surface area contributed by atoms with Crippen molar-refractivity contribution in [1.82, 2.24) is 29.1 Å². The largest absolute Gasteiger partial charge is 0.455 e. The lowest BCUT2D eigenvalue weighted by Gasteiger charge is -2.26. The van der Waals surface area contributed by atoms with Gasteiger partial charge in [-0.25, -0.2) is 19.9 Å². The first-order valence-electron chi connectivity index (χ1n) is 35.4. The Morgan fingerprint density at radius 1 is 0.238 bits per heavy atom. The number of rotatable bonds is 9. The standard InChI is InChI=1S/C48H28N4O.C48H31N3O/c1-2-13-31(14-3-1)51-41-20-10-7-16-33(41)38-27-39-34-17-8-11-21-42(34)52(44(39)28-43(38)51)48-49-40-19-9-6-18-37(40)46(50-48)30-23-24-35-36-25-22-29-12-4-5-15-32(29)47(36)53-45(35)26-30;1-3-12-32(13-4-1)33-22-26-38(27-23-33)51(37-16-5-2-6-17-37)39-18-11-15-36(30-39)48-49-44-21-10-9-20-43(44)46(50-48)35-25-28-41-42-29-24-34-14-7-8-19-40(34)47(42)52-45(41)31-35/h1-28H;1-31H. The molecule has 0 N–H and O–H groups in total. The quantitative estimate of drug-likeness (QED) is 0.142. The van der Waals surface area contributed by atoms with E-state index in [-0.39, 0.29) is 0 Å². The van der Waals surface area contributed by atoms with Gasteiger partial charge < -0.3 is 18.3 Å². The van der Waals surface area contributed by atoms with Crippen LogP contribution in [0.15, 0.2) is 367 Å². The average molecular weight is 1340 g/mol. The molecule has 0 aliphatic rings. The Bertz CT molecular complexity index is 7220. The summed E-state index contributed by atoms with van der Waals surface area (Å²) in [6.45, 7) is 0. The molecule has 0 saturated heterocycles. The van der Waals surface area contributed by atoms with Crippen LogP contribution in [0.3, 0.4) is 0 Å². The first-order chi connectivity index (χ1) is 52.0. The Morgan fingerprint density at radius 3 is 1.30 bits per heavy atom. The van der Waals surface area contributed by atoms with Crippen molar-refractivity contribution in [3.63, 3.8) is 0 Å². The molecule has 9 nitrogen and oxygen atoms in total. The van der Waals surface area contributed by atoms with Gasteiger partial charge in [-0.15, -0.1) is 0 Å². The first kappa shape index (κ1) is 59.6. The number of para-hydroxylation sites is 6. The maximum atomic E-state index is 6.62. The highest BCUT2D eigenvalue weighted by molar-refractivity contribution is 6.20. The van der Waals surface area contributed by atoms with Crippen LogP contribution in [0.5, 0.6) is 0 Å². The van der Waals surface area contributed by atoms with E-state index >= 15 is 0 Å². The number of nitrogens with zero attached hydrogens (tertiary/aromatic N) is 7. The molecule has 0 fully saturated rings. The zero-order valence-electron chi connectivity index (χ0n) is 56.5. The first-order valence-corrected chi connectivity index (χ1v) is 35.4. The van der Waals surface area contributed by atoms with E-state index in [0.29, 0.717) is 11.8 Å². The zero-order valence-corrected chi connectivity index (χ0v) is 56.5. The van der Waals surface area contributed by atoms with Gasteiger partial charge in [0.2, 0.25) is 5.95 Å². The van der Waals surface area contributed by atoms with Crippen LogP contribution in [0, 0.1) is 0 Å². The fourth-order valence-corrected chi connectivity index (χ4v) is 15.9. The molecule has 0 saturated carbocycles. The van der Waals surface area contributed by atoms with Gasteiger partial charge in [-0.3, -0.25) is 4.57 Å². The SMILES string of the molecule is c1ccc(-c2ccc(N(c3ccccc3)c3cccc(-c4nc(-c5ccc6c(c5)oc5c7ccccc7ccc65)c5ccccc5n4)c3)cc2)cc1.c1ccc(-n2c3ccccc3c3cc4c5ccccc5n(-c5nc(-c6ccc7c(c6)oc6c8ccccc8ccc76)c6ccccc6n5)c4cc32)cc1. The highest BCUT2D eigenvalue weighted by atomic mass is 16.3. The predicted molar refractivity (Wildman–Crippen MR) is 434 cm³/mol. The third-order valence-corrected chi connectivity index (χ3v) is 20.8. The number of furan rings is 2. The second-order valence-corrected chi connectivity index (χ2v) is 26.8.